The summed E-state index contributed by atoms with van der Waals surface area (Å²) in [5.41, 5.74) is 0. The van der Waals surface area contributed by atoms with Gasteiger partial charge in [0, 0.05) is 0 Å². The molecule has 0 heterocycles. The second-order valence-corrected chi connectivity index (χ2v) is 2.83. The van der Waals surface area contributed by atoms with Crippen molar-refractivity contribution in [2.75, 3.05) is 13.1 Å². The van der Waals surface area contributed by atoms with E-state index in [1.54, 1.807) is 5.32 Å². The van der Waals surface area contributed by atoms with Crippen molar-refractivity contribution >= 4 is 11.9 Å². The number of halogens is 3. The van der Waals surface area contributed by atoms with Crippen molar-refractivity contribution in [1.82, 2.24) is 10.6 Å². The molecule has 0 radical (unpaired) electrons. The second-order valence-electron chi connectivity index (χ2n) is 2.83. The molecular weight excluding hydrogens is 217 g/mol. The Morgan fingerprint density at radius 1 is 1.40 bits per heavy atom. The Bertz CT molecular complexity index is 242. The third kappa shape index (κ3) is 7.74. The quantitative estimate of drug-likeness (QED) is 0.605. The van der Waals surface area contributed by atoms with Crippen molar-refractivity contribution < 1.29 is 27.9 Å². The first-order chi connectivity index (χ1) is 6.72. The SMILES string of the molecule is C[C@H](NCC(=O)NCC(F)(F)F)C(=O)O. The van der Waals surface area contributed by atoms with Gasteiger partial charge in [0.15, 0.2) is 0 Å². The van der Waals surface area contributed by atoms with E-state index >= 15 is 0 Å². The maximum atomic E-state index is 11.6. The van der Waals surface area contributed by atoms with Gasteiger partial charge in [-0.3, -0.25) is 14.9 Å². The normalized spacial score (nSPS) is 13.3. The number of hydrogen-bond donors (Lipinski definition) is 3. The standard InChI is InChI=1S/C7H11F3N2O3/c1-4(6(14)15)11-2-5(13)12-3-7(8,9)10/h4,11H,2-3H2,1H3,(H,12,13)(H,14,15)/t4-/m0/s1. The molecule has 0 bridgehead atoms. The van der Waals surface area contributed by atoms with Crippen LogP contribution in [-0.2, 0) is 9.59 Å². The summed E-state index contributed by atoms with van der Waals surface area (Å²) in [6, 6.07) is -0.985. The molecule has 0 unspecified atom stereocenters. The maximum absolute atomic E-state index is 11.6. The summed E-state index contributed by atoms with van der Waals surface area (Å²) in [5.74, 6) is -2.08. The van der Waals surface area contributed by atoms with Crippen molar-refractivity contribution in [2.24, 2.45) is 0 Å². The van der Waals surface area contributed by atoms with E-state index in [0.29, 0.717) is 0 Å². The Morgan fingerprint density at radius 3 is 2.33 bits per heavy atom. The third-order valence-corrected chi connectivity index (χ3v) is 1.43. The van der Waals surface area contributed by atoms with E-state index < -0.39 is 37.2 Å². The van der Waals surface area contributed by atoms with E-state index in [2.05, 4.69) is 5.32 Å². The van der Waals surface area contributed by atoms with Crippen molar-refractivity contribution in [2.45, 2.75) is 19.1 Å². The predicted octanol–water partition coefficient (Wildman–Crippen LogP) is -0.272. The monoisotopic (exact) mass is 228 g/mol. The Kier molecular flexibility index (Phi) is 5.06. The van der Waals surface area contributed by atoms with E-state index in [4.69, 9.17) is 5.11 Å². The van der Waals surface area contributed by atoms with Gasteiger partial charge in [-0.2, -0.15) is 13.2 Å². The number of carbonyl (C=O) groups excluding carboxylic acids is 1. The minimum Gasteiger partial charge on any atom is -0.480 e. The minimum absolute atomic E-state index is 0.469. The molecule has 1 atom stereocenters. The van der Waals surface area contributed by atoms with Crippen LogP contribution in [0.5, 0.6) is 0 Å². The number of rotatable bonds is 5. The smallest absolute Gasteiger partial charge is 0.405 e. The topological polar surface area (TPSA) is 78.4 Å². The van der Waals surface area contributed by atoms with Gasteiger partial charge >= 0.3 is 12.1 Å². The Morgan fingerprint density at radius 2 is 1.93 bits per heavy atom. The fourth-order valence-corrected chi connectivity index (χ4v) is 0.594. The summed E-state index contributed by atoms with van der Waals surface area (Å²) in [5, 5.41) is 12.2. The number of carboxylic acids is 1. The maximum Gasteiger partial charge on any atom is 0.405 e. The molecule has 88 valence electrons. The molecule has 0 spiro atoms. The van der Waals surface area contributed by atoms with Gasteiger partial charge in [0.1, 0.15) is 12.6 Å². The largest absolute Gasteiger partial charge is 0.480 e. The van der Waals surface area contributed by atoms with Crippen molar-refractivity contribution in [3.8, 4) is 0 Å². The summed E-state index contributed by atoms with van der Waals surface area (Å²) in [4.78, 5) is 21.0. The van der Waals surface area contributed by atoms with Crippen LogP contribution in [-0.4, -0.2) is 42.3 Å². The van der Waals surface area contributed by atoms with Gasteiger partial charge in [0.2, 0.25) is 5.91 Å². The molecule has 15 heavy (non-hydrogen) atoms. The molecule has 0 aromatic rings. The van der Waals surface area contributed by atoms with Crippen LogP contribution in [0.2, 0.25) is 0 Å². The van der Waals surface area contributed by atoms with Crippen LogP contribution >= 0.6 is 0 Å². The molecule has 0 rings (SSSR count). The molecule has 0 saturated carbocycles. The highest BCUT2D eigenvalue weighted by Crippen LogP contribution is 2.11. The van der Waals surface area contributed by atoms with Crippen LogP contribution in [0.3, 0.4) is 0 Å². The molecule has 0 fully saturated rings. The van der Waals surface area contributed by atoms with Crippen LogP contribution in [0, 0.1) is 0 Å². The van der Waals surface area contributed by atoms with Crippen LogP contribution < -0.4 is 10.6 Å². The zero-order chi connectivity index (χ0) is 12.1. The number of carboxylic acid groups (broad SMARTS) is 1. The summed E-state index contributed by atoms with van der Waals surface area (Å²) >= 11 is 0. The molecule has 0 aromatic carbocycles. The number of alkyl halides is 3. The van der Waals surface area contributed by atoms with Crippen LogP contribution in [0.25, 0.3) is 0 Å². The van der Waals surface area contributed by atoms with Crippen LogP contribution in [0.4, 0.5) is 13.2 Å². The van der Waals surface area contributed by atoms with Crippen molar-refractivity contribution in [3.05, 3.63) is 0 Å². The zero-order valence-electron chi connectivity index (χ0n) is 7.89. The minimum atomic E-state index is -4.46. The van der Waals surface area contributed by atoms with E-state index in [0.717, 1.165) is 0 Å². The van der Waals surface area contributed by atoms with E-state index in [-0.39, 0.29) is 0 Å². The van der Waals surface area contributed by atoms with Crippen molar-refractivity contribution in [3.63, 3.8) is 0 Å². The lowest BCUT2D eigenvalue weighted by atomic mass is 10.3. The number of aliphatic carboxylic acids is 1. The average molecular weight is 228 g/mol. The summed E-state index contributed by atoms with van der Waals surface area (Å²) in [7, 11) is 0. The molecule has 5 nitrogen and oxygen atoms in total. The van der Waals surface area contributed by atoms with Crippen LogP contribution in [0.1, 0.15) is 6.92 Å². The fourth-order valence-electron chi connectivity index (χ4n) is 0.594. The van der Waals surface area contributed by atoms with Gasteiger partial charge in [-0.25, -0.2) is 0 Å². The Hall–Kier alpha value is -1.31. The Labute approximate surface area is 83.6 Å². The predicted molar refractivity (Wildman–Crippen MR) is 44.2 cm³/mol. The molecule has 8 heteroatoms. The van der Waals surface area contributed by atoms with Gasteiger partial charge in [0.25, 0.3) is 0 Å². The third-order valence-electron chi connectivity index (χ3n) is 1.43. The summed E-state index contributed by atoms with van der Waals surface area (Å²) in [6.07, 6.45) is -4.46. The number of nitrogens with one attached hydrogen (secondary N) is 2. The molecule has 1 amide bonds. The highest BCUT2D eigenvalue weighted by molar-refractivity contribution is 5.79. The lowest BCUT2D eigenvalue weighted by Crippen LogP contribution is -2.43. The lowest BCUT2D eigenvalue weighted by Gasteiger charge is -2.10. The van der Waals surface area contributed by atoms with Crippen LogP contribution in [0.15, 0.2) is 0 Å². The summed E-state index contributed by atoms with van der Waals surface area (Å²) in [6.45, 7) is -0.613. The van der Waals surface area contributed by atoms with E-state index in [1.807, 2.05) is 0 Å². The highest BCUT2D eigenvalue weighted by atomic mass is 19.4. The molecule has 0 aliphatic heterocycles. The van der Waals surface area contributed by atoms with Gasteiger partial charge in [-0.15, -0.1) is 0 Å². The molecule has 0 aliphatic rings. The Balaban J connectivity index is 3.72. The first kappa shape index (κ1) is 13.7. The van der Waals surface area contributed by atoms with Gasteiger partial charge in [0.05, 0.1) is 6.54 Å². The number of amides is 1. The molecule has 0 aliphatic carbocycles. The average Bonchev–Trinajstić information content (AvgIpc) is 2.09. The molecule has 0 aromatic heterocycles. The number of carbonyl (C=O) groups is 2. The van der Waals surface area contributed by atoms with E-state index in [9.17, 15) is 22.8 Å². The highest BCUT2D eigenvalue weighted by Gasteiger charge is 2.27. The van der Waals surface area contributed by atoms with Crippen molar-refractivity contribution in [1.29, 1.82) is 0 Å². The second kappa shape index (κ2) is 5.54. The zero-order valence-corrected chi connectivity index (χ0v) is 7.89. The van der Waals surface area contributed by atoms with Gasteiger partial charge < -0.3 is 10.4 Å². The van der Waals surface area contributed by atoms with E-state index in [1.165, 1.54) is 6.92 Å². The molecule has 3 N–H and O–H groups in total. The molecular formula is C7H11F3N2O3. The van der Waals surface area contributed by atoms with Gasteiger partial charge in [-0.1, -0.05) is 0 Å². The van der Waals surface area contributed by atoms with Gasteiger partial charge in [-0.05, 0) is 6.92 Å². The number of hydrogen-bond acceptors (Lipinski definition) is 3. The lowest BCUT2D eigenvalue weighted by molar-refractivity contribution is -0.140. The summed E-state index contributed by atoms with van der Waals surface area (Å²) < 4.78 is 34.8. The first-order valence-electron chi connectivity index (χ1n) is 4.02. The first-order valence-corrected chi connectivity index (χ1v) is 4.02. The molecule has 0 saturated heterocycles. The fraction of sp³-hybridized carbons (Fsp3) is 0.714.